The van der Waals surface area contributed by atoms with Crippen molar-refractivity contribution in [3.63, 3.8) is 0 Å². The molecule has 1 heterocycles. The molecule has 1 aliphatic rings. The summed E-state index contributed by atoms with van der Waals surface area (Å²) < 4.78 is 0. The topological polar surface area (TPSA) is 41.3 Å². The van der Waals surface area contributed by atoms with Crippen LogP contribution in [0.3, 0.4) is 0 Å². The Hall–Kier alpha value is -1.06. The lowest BCUT2D eigenvalue weighted by Gasteiger charge is -2.32. The molecule has 0 aromatic heterocycles. The summed E-state index contributed by atoms with van der Waals surface area (Å²) in [5.74, 6) is 0. The lowest BCUT2D eigenvalue weighted by molar-refractivity contribution is 0.224. The van der Waals surface area contributed by atoms with E-state index in [-0.39, 0.29) is 0 Å². The van der Waals surface area contributed by atoms with E-state index in [0.29, 0.717) is 6.04 Å². The van der Waals surface area contributed by atoms with Crippen LogP contribution in [0.5, 0.6) is 0 Å². The number of nitrogens with two attached hydrogens (primary N) is 1. The van der Waals surface area contributed by atoms with Gasteiger partial charge in [-0.15, -0.1) is 0 Å². The number of aryl methyl sites for hydroxylation is 1. The first-order valence-electron chi connectivity index (χ1n) is 6.53. The van der Waals surface area contributed by atoms with Crippen molar-refractivity contribution in [2.45, 2.75) is 25.8 Å². The molecule has 0 aliphatic carbocycles. The zero-order chi connectivity index (χ0) is 12.1. The first-order chi connectivity index (χ1) is 8.28. The van der Waals surface area contributed by atoms with Crippen molar-refractivity contribution in [3.8, 4) is 0 Å². The minimum atomic E-state index is 0.617. The van der Waals surface area contributed by atoms with Crippen molar-refractivity contribution in [3.05, 3.63) is 29.8 Å². The van der Waals surface area contributed by atoms with Crippen LogP contribution >= 0.6 is 0 Å². The molecule has 0 spiro atoms. The van der Waals surface area contributed by atoms with E-state index in [1.54, 1.807) is 0 Å². The van der Waals surface area contributed by atoms with Crippen molar-refractivity contribution in [2.75, 3.05) is 31.5 Å². The fourth-order valence-corrected chi connectivity index (χ4v) is 2.45. The molecule has 0 amide bonds. The normalized spacial score (nSPS) is 18.2. The number of nitrogens with zero attached hydrogens (tertiary/aromatic N) is 1. The molecule has 3 N–H and O–H groups in total. The monoisotopic (exact) mass is 233 g/mol. The number of rotatable bonds is 4. The van der Waals surface area contributed by atoms with E-state index >= 15 is 0 Å². The van der Waals surface area contributed by atoms with Gasteiger partial charge in [-0.05, 0) is 37.5 Å². The van der Waals surface area contributed by atoms with E-state index in [1.807, 2.05) is 0 Å². The van der Waals surface area contributed by atoms with E-state index in [0.717, 1.165) is 13.1 Å². The SMILES string of the molecule is Cc1cccc(NC2CCN(CCN)CC2)c1. The fourth-order valence-electron chi connectivity index (χ4n) is 2.45. The molecule has 94 valence electrons. The van der Waals surface area contributed by atoms with Crippen molar-refractivity contribution >= 4 is 5.69 Å². The van der Waals surface area contributed by atoms with Gasteiger partial charge in [0.2, 0.25) is 0 Å². The Kier molecular flexibility index (Phi) is 4.40. The minimum Gasteiger partial charge on any atom is -0.382 e. The molecule has 2 rings (SSSR count). The fraction of sp³-hybridized carbons (Fsp3) is 0.571. The predicted molar refractivity (Wildman–Crippen MR) is 73.3 cm³/mol. The maximum atomic E-state index is 5.58. The number of piperidine rings is 1. The Morgan fingerprint density at radius 2 is 2.12 bits per heavy atom. The summed E-state index contributed by atoms with van der Waals surface area (Å²) in [5, 5.41) is 3.63. The molecule has 0 unspecified atom stereocenters. The molecular formula is C14H23N3. The number of anilines is 1. The second-order valence-electron chi connectivity index (χ2n) is 4.92. The number of hydrogen-bond acceptors (Lipinski definition) is 3. The van der Waals surface area contributed by atoms with E-state index in [9.17, 15) is 0 Å². The van der Waals surface area contributed by atoms with Gasteiger partial charge in [-0.25, -0.2) is 0 Å². The van der Waals surface area contributed by atoms with E-state index in [4.69, 9.17) is 5.73 Å². The Morgan fingerprint density at radius 1 is 1.35 bits per heavy atom. The Balaban J connectivity index is 1.82. The molecule has 1 aromatic carbocycles. The Bertz CT molecular complexity index is 343. The predicted octanol–water partition coefficient (Wildman–Crippen LogP) is 1.83. The smallest absolute Gasteiger partial charge is 0.0344 e. The number of nitrogens with one attached hydrogen (secondary N) is 1. The zero-order valence-corrected chi connectivity index (χ0v) is 10.7. The van der Waals surface area contributed by atoms with E-state index in [2.05, 4.69) is 41.4 Å². The second kappa shape index (κ2) is 6.03. The average molecular weight is 233 g/mol. The summed E-state index contributed by atoms with van der Waals surface area (Å²) in [4.78, 5) is 2.45. The van der Waals surface area contributed by atoms with Crippen molar-refractivity contribution in [2.24, 2.45) is 5.73 Å². The second-order valence-corrected chi connectivity index (χ2v) is 4.92. The van der Waals surface area contributed by atoms with Gasteiger partial charge >= 0.3 is 0 Å². The highest BCUT2D eigenvalue weighted by Crippen LogP contribution is 2.17. The van der Waals surface area contributed by atoms with Gasteiger partial charge in [0.05, 0.1) is 0 Å². The Labute approximate surface area is 104 Å². The summed E-state index contributed by atoms with van der Waals surface area (Å²) in [6.45, 7) is 6.28. The molecule has 3 heteroatoms. The number of benzene rings is 1. The summed E-state index contributed by atoms with van der Waals surface area (Å²) in [7, 11) is 0. The lowest BCUT2D eigenvalue weighted by Crippen LogP contribution is -2.41. The van der Waals surface area contributed by atoms with Gasteiger partial charge in [0.1, 0.15) is 0 Å². The zero-order valence-electron chi connectivity index (χ0n) is 10.7. The van der Waals surface area contributed by atoms with Crippen LogP contribution in [0.1, 0.15) is 18.4 Å². The molecule has 3 nitrogen and oxygen atoms in total. The first-order valence-corrected chi connectivity index (χ1v) is 6.53. The van der Waals surface area contributed by atoms with Crippen LogP contribution in [-0.2, 0) is 0 Å². The van der Waals surface area contributed by atoms with Crippen LogP contribution < -0.4 is 11.1 Å². The molecule has 0 bridgehead atoms. The van der Waals surface area contributed by atoms with Crippen LogP contribution in [0, 0.1) is 6.92 Å². The highest BCUT2D eigenvalue weighted by Gasteiger charge is 2.18. The van der Waals surface area contributed by atoms with Gasteiger partial charge in [-0.2, -0.15) is 0 Å². The quantitative estimate of drug-likeness (QED) is 0.833. The van der Waals surface area contributed by atoms with Gasteiger partial charge in [0.15, 0.2) is 0 Å². The lowest BCUT2D eigenvalue weighted by atomic mass is 10.0. The van der Waals surface area contributed by atoms with Crippen LogP contribution in [0.25, 0.3) is 0 Å². The third-order valence-electron chi connectivity index (χ3n) is 3.42. The largest absolute Gasteiger partial charge is 0.382 e. The van der Waals surface area contributed by atoms with Crippen LogP contribution in [0.2, 0.25) is 0 Å². The maximum absolute atomic E-state index is 5.58. The average Bonchev–Trinajstić information content (AvgIpc) is 2.32. The van der Waals surface area contributed by atoms with Crippen molar-refractivity contribution in [1.29, 1.82) is 0 Å². The standard InChI is InChI=1S/C14H23N3/c1-12-3-2-4-14(11-12)16-13-5-8-17(9-6-13)10-7-15/h2-4,11,13,16H,5-10,15H2,1H3. The highest BCUT2D eigenvalue weighted by atomic mass is 15.1. The third kappa shape index (κ3) is 3.72. The molecule has 1 aromatic rings. The number of likely N-dealkylation sites (tertiary alicyclic amines) is 1. The molecule has 17 heavy (non-hydrogen) atoms. The molecule has 1 fully saturated rings. The molecule has 1 saturated heterocycles. The highest BCUT2D eigenvalue weighted by molar-refractivity contribution is 5.46. The molecule has 0 atom stereocenters. The molecule has 0 saturated carbocycles. The minimum absolute atomic E-state index is 0.617. The van der Waals surface area contributed by atoms with Crippen LogP contribution in [0.15, 0.2) is 24.3 Å². The Morgan fingerprint density at radius 3 is 2.76 bits per heavy atom. The van der Waals surface area contributed by atoms with Gasteiger partial charge in [0.25, 0.3) is 0 Å². The summed E-state index contributed by atoms with van der Waals surface area (Å²) in [6, 6.07) is 9.23. The molecule has 0 radical (unpaired) electrons. The summed E-state index contributed by atoms with van der Waals surface area (Å²) in [5.41, 5.74) is 8.14. The van der Waals surface area contributed by atoms with Crippen molar-refractivity contribution in [1.82, 2.24) is 4.90 Å². The summed E-state index contributed by atoms with van der Waals surface area (Å²) >= 11 is 0. The summed E-state index contributed by atoms with van der Waals surface area (Å²) in [6.07, 6.45) is 2.43. The van der Waals surface area contributed by atoms with Gasteiger partial charge < -0.3 is 16.0 Å². The van der Waals surface area contributed by atoms with Gasteiger partial charge in [0, 0.05) is 37.9 Å². The maximum Gasteiger partial charge on any atom is 0.0344 e. The van der Waals surface area contributed by atoms with Crippen molar-refractivity contribution < 1.29 is 0 Å². The van der Waals surface area contributed by atoms with Crippen LogP contribution in [0.4, 0.5) is 5.69 Å². The first kappa shape index (κ1) is 12.4. The van der Waals surface area contributed by atoms with E-state index < -0.39 is 0 Å². The molecular weight excluding hydrogens is 210 g/mol. The van der Waals surface area contributed by atoms with Crippen LogP contribution in [-0.4, -0.2) is 37.1 Å². The molecule has 1 aliphatic heterocycles. The van der Waals surface area contributed by atoms with E-state index in [1.165, 1.54) is 37.2 Å². The van der Waals surface area contributed by atoms with Gasteiger partial charge in [-0.1, -0.05) is 12.1 Å². The third-order valence-corrected chi connectivity index (χ3v) is 3.42. The van der Waals surface area contributed by atoms with Gasteiger partial charge in [-0.3, -0.25) is 0 Å². The number of hydrogen-bond donors (Lipinski definition) is 2.